The van der Waals surface area contributed by atoms with Gasteiger partial charge in [0.2, 0.25) is 0 Å². The molecule has 0 amide bonds. The second-order valence-corrected chi connectivity index (χ2v) is 6.86. The smallest absolute Gasteiger partial charge is 0.141 e. The molecular weight excluding hydrogens is 334 g/mol. The number of thioether (sulfide) groups is 1. The summed E-state index contributed by atoms with van der Waals surface area (Å²) in [5, 5.41) is 0. The fraction of sp³-hybridized carbons (Fsp3) is 0.333. The van der Waals surface area contributed by atoms with E-state index in [1.807, 2.05) is 0 Å². The number of anilines is 1. The molecule has 5 heteroatoms. The standard InChI is InChI=1S/C15H16BrN3S/c1-9-4-2-3-5-11(9)20-8-12-18-14(10-6-7-10)13(16)15(17)19-12/h2-5,10H,6-8H2,1H3,(H2,17,18,19). The number of aromatic nitrogens is 2. The van der Waals surface area contributed by atoms with Crippen molar-refractivity contribution in [1.29, 1.82) is 0 Å². The van der Waals surface area contributed by atoms with E-state index in [0.29, 0.717) is 11.7 Å². The van der Waals surface area contributed by atoms with Gasteiger partial charge in [0.1, 0.15) is 11.6 Å². The van der Waals surface area contributed by atoms with Crippen molar-refractivity contribution in [3.8, 4) is 0 Å². The first-order valence-electron chi connectivity index (χ1n) is 6.65. The molecule has 0 radical (unpaired) electrons. The minimum atomic E-state index is 0.558. The second kappa shape index (κ2) is 5.74. The molecule has 1 fully saturated rings. The van der Waals surface area contributed by atoms with Crippen LogP contribution in [-0.4, -0.2) is 9.97 Å². The maximum atomic E-state index is 5.98. The van der Waals surface area contributed by atoms with Crippen molar-refractivity contribution in [2.75, 3.05) is 5.73 Å². The number of benzene rings is 1. The third-order valence-corrected chi connectivity index (χ3v) is 5.35. The predicted molar refractivity (Wildman–Crippen MR) is 86.9 cm³/mol. The van der Waals surface area contributed by atoms with Gasteiger partial charge in [0, 0.05) is 10.8 Å². The Morgan fingerprint density at radius 1 is 1.30 bits per heavy atom. The van der Waals surface area contributed by atoms with Crippen molar-refractivity contribution in [1.82, 2.24) is 9.97 Å². The average Bonchev–Trinajstić information content (AvgIpc) is 3.26. The lowest BCUT2D eigenvalue weighted by molar-refractivity contribution is 0.925. The number of nitrogens with zero attached hydrogens (tertiary/aromatic N) is 2. The maximum Gasteiger partial charge on any atom is 0.141 e. The van der Waals surface area contributed by atoms with Gasteiger partial charge in [-0.1, -0.05) is 18.2 Å². The summed E-state index contributed by atoms with van der Waals surface area (Å²) in [6.45, 7) is 2.12. The molecule has 0 saturated heterocycles. The molecule has 3 rings (SSSR count). The third-order valence-electron chi connectivity index (χ3n) is 3.36. The maximum absolute atomic E-state index is 5.98. The summed E-state index contributed by atoms with van der Waals surface area (Å²) < 4.78 is 0.879. The molecule has 1 heterocycles. The average molecular weight is 350 g/mol. The van der Waals surface area contributed by atoms with Gasteiger partial charge < -0.3 is 5.73 Å². The first kappa shape index (κ1) is 13.9. The summed E-state index contributed by atoms with van der Waals surface area (Å²) in [4.78, 5) is 10.3. The highest BCUT2D eigenvalue weighted by Crippen LogP contribution is 2.43. The minimum Gasteiger partial charge on any atom is -0.383 e. The van der Waals surface area contributed by atoms with Gasteiger partial charge >= 0.3 is 0 Å². The molecule has 1 aliphatic rings. The van der Waals surface area contributed by atoms with Crippen LogP contribution in [0, 0.1) is 6.92 Å². The number of hydrogen-bond donors (Lipinski definition) is 1. The topological polar surface area (TPSA) is 51.8 Å². The zero-order valence-corrected chi connectivity index (χ0v) is 13.7. The molecule has 104 valence electrons. The molecule has 3 nitrogen and oxygen atoms in total. The van der Waals surface area contributed by atoms with Crippen molar-refractivity contribution in [2.45, 2.75) is 36.3 Å². The number of nitrogens with two attached hydrogens (primary N) is 1. The van der Waals surface area contributed by atoms with E-state index >= 15 is 0 Å². The Hall–Kier alpha value is -1.07. The molecule has 0 atom stereocenters. The number of rotatable bonds is 4. The van der Waals surface area contributed by atoms with Crippen LogP contribution in [-0.2, 0) is 5.75 Å². The van der Waals surface area contributed by atoms with Gasteiger partial charge in [-0.2, -0.15) is 0 Å². The number of nitrogen functional groups attached to an aromatic ring is 1. The van der Waals surface area contributed by atoms with Crippen LogP contribution >= 0.6 is 27.7 Å². The van der Waals surface area contributed by atoms with E-state index in [9.17, 15) is 0 Å². The molecule has 1 saturated carbocycles. The quantitative estimate of drug-likeness (QED) is 0.836. The molecule has 0 unspecified atom stereocenters. The minimum absolute atomic E-state index is 0.558. The lowest BCUT2D eigenvalue weighted by atomic mass is 10.2. The van der Waals surface area contributed by atoms with Gasteiger partial charge in [-0.05, 0) is 47.3 Å². The van der Waals surface area contributed by atoms with E-state index in [0.717, 1.165) is 21.7 Å². The van der Waals surface area contributed by atoms with Crippen LogP contribution < -0.4 is 5.73 Å². The number of aryl methyl sites for hydroxylation is 1. The van der Waals surface area contributed by atoms with E-state index in [1.54, 1.807) is 11.8 Å². The normalized spacial score (nSPS) is 14.5. The summed E-state index contributed by atoms with van der Waals surface area (Å²) in [6.07, 6.45) is 2.42. The van der Waals surface area contributed by atoms with E-state index in [2.05, 4.69) is 57.1 Å². The fourth-order valence-corrected chi connectivity index (χ4v) is 3.47. The van der Waals surface area contributed by atoms with Crippen LogP contribution in [0.2, 0.25) is 0 Å². The van der Waals surface area contributed by atoms with Gasteiger partial charge in [-0.3, -0.25) is 0 Å². The molecule has 2 N–H and O–H groups in total. The van der Waals surface area contributed by atoms with E-state index in [1.165, 1.54) is 23.3 Å². The monoisotopic (exact) mass is 349 g/mol. The highest BCUT2D eigenvalue weighted by Gasteiger charge is 2.29. The molecule has 1 aromatic heterocycles. The van der Waals surface area contributed by atoms with Crippen LogP contribution in [0.1, 0.15) is 35.8 Å². The highest BCUT2D eigenvalue weighted by molar-refractivity contribution is 9.10. The van der Waals surface area contributed by atoms with Gasteiger partial charge in [-0.25, -0.2) is 9.97 Å². The van der Waals surface area contributed by atoms with Crippen molar-refractivity contribution in [3.05, 3.63) is 45.8 Å². The van der Waals surface area contributed by atoms with Crippen molar-refractivity contribution < 1.29 is 0 Å². The first-order valence-corrected chi connectivity index (χ1v) is 8.43. The molecule has 2 aromatic rings. The van der Waals surface area contributed by atoms with Crippen LogP contribution in [0.5, 0.6) is 0 Å². The molecule has 0 spiro atoms. The molecule has 0 bridgehead atoms. The van der Waals surface area contributed by atoms with Crippen molar-refractivity contribution in [2.24, 2.45) is 0 Å². The van der Waals surface area contributed by atoms with Crippen molar-refractivity contribution >= 4 is 33.5 Å². The van der Waals surface area contributed by atoms with Crippen LogP contribution in [0.3, 0.4) is 0 Å². The Labute approximate surface area is 131 Å². The van der Waals surface area contributed by atoms with Crippen LogP contribution in [0.25, 0.3) is 0 Å². The highest BCUT2D eigenvalue weighted by atomic mass is 79.9. The predicted octanol–water partition coefficient (Wildman–Crippen LogP) is 4.30. The lowest BCUT2D eigenvalue weighted by Gasteiger charge is -2.09. The Balaban J connectivity index is 1.79. The Morgan fingerprint density at radius 3 is 2.75 bits per heavy atom. The van der Waals surface area contributed by atoms with Gasteiger partial charge in [0.25, 0.3) is 0 Å². The number of halogens is 1. The summed E-state index contributed by atoms with van der Waals surface area (Å²) >= 11 is 5.27. The summed E-state index contributed by atoms with van der Waals surface area (Å²) in [5.41, 5.74) is 8.34. The van der Waals surface area contributed by atoms with Gasteiger partial charge in [0.05, 0.1) is 15.9 Å². The van der Waals surface area contributed by atoms with Gasteiger partial charge in [-0.15, -0.1) is 11.8 Å². The largest absolute Gasteiger partial charge is 0.383 e. The Bertz CT molecular complexity index is 641. The second-order valence-electron chi connectivity index (χ2n) is 5.05. The molecule has 1 aromatic carbocycles. The molecule has 20 heavy (non-hydrogen) atoms. The first-order chi connectivity index (χ1) is 9.65. The summed E-state index contributed by atoms with van der Waals surface area (Å²) in [5.74, 6) is 2.70. The van der Waals surface area contributed by atoms with Crippen LogP contribution in [0.15, 0.2) is 33.6 Å². The zero-order valence-electron chi connectivity index (χ0n) is 11.3. The number of hydrogen-bond acceptors (Lipinski definition) is 4. The van der Waals surface area contributed by atoms with Crippen molar-refractivity contribution in [3.63, 3.8) is 0 Å². The Kier molecular flexibility index (Phi) is 3.98. The third kappa shape index (κ3) is 2.99. The van der Waals surface area contributed by atoms with E-state index < -0.39 is 0 Å². The fourth-order valence-electron chi connectivity index (χ4n) is 2.08. The zero-order chi connectivity index (χ0) is 14.1. The summed E-state index contributed by atoms with van der Waals surface area (Å²) in [6, 6.07) is 8.36. The van der Waals surface area contributed by atoms with Gasteiger partial charge in [0.15, 0.2) is 0 Å². The van der Waals surface area contributed by atoms with E-state index in [-0.39, 0.29) is 0 Å². The Morgan fingerprint density at radius 2 is 2.05 bits per heavy atom. The lowest BCUT2D eigenvalue weighted by Crippen LogP contribution is -2.04. The van der Waals surface area contributed by atoms with E-state index in [4.69, 9.17) is 5.73 Å². The SMILES string of the molecule is Cc1ccccc1SCc1nc(N)c(Br)c(C2CC2)n1. The summed E-state index contributed by atoms with van der Waals surface area (Å²) in [7, 11) is 0. The molecule has 1 aliphatic carbocycles. The molecule has 0 aliphatic heterocycles. The molecular formula is C15H16BrN3S. The van der Waals surface area contributed by atoms with Crippen LogP contribution in [0.4, 0.5) is 5.82 Å².